The van der Waals surface area contributed by atoms with Gasteiger partial charge in [-0.3, -0.25) is 29.6 Å². The minimum absolute atomic E-state index is 0.0382. The van der Waals surface area contributed by atoms with E-state index in [-0.39, 0.29) is 42.1 Å². The van der Waals surface area contributed by atoms with Crippen LogP contribution in [0.15, 0.2) is 78.9 Å². The monoisotopic (exact) mass is 1020 g/mol. The third-order valence-electron chi connectivity index (χ3n) is 13.5. The number of likely N-dealkylation sites (N-methyl/N-ethyl adjacent to an activating group) is 1. The van der Waals surface area contributed by atoms with Crippen molar-refractivity contribution >= 4 is 69.4 Å². The molecule has 1 aromatic heterocycles. The van der Waals surface area contributed by atoms with Crippen molar-refractivity contribution in [1.29, 1.82) is 0 Å². The normalized spacial score (nSPS) is 17.6. The van der Waals surface area contributed by atoms with Gasteiger partial charge in [0.25, 0.3) is 5.91 Å². The summed E-state index contributed by atoms with van der Waals surface area (Å²) in [7, 11) is 2.14. The topological polar surface area (TPSA) is 203 Å². The number of H-pyrrole nitrogens is 1. The molecule has 1 unspecified atom stereocenters. The van der Waals surface area contributed by atoms with Gasteiger partial charge in [0, 0.05) is 119 Å². The van der Waals surface area contributed by atoms with Gasteiger partial charge in [-0.15, -0.1) is 0 Å². The van der Waals surface area contributed by atoms with E-state index in [1.807, 2.05) is 53.4 Å². The van der Waals surface area contributed by atoms with E-state index in [0.717, 1.165) is 68.3 Å². The number of carbonyl (C=O) groups excluding carboxylic acids is 5. The summed E-state index contributed by atoms with van der Waals surface area (Å²) in [4.78, 5) is 68.7. The van der Waals surface area contributed by atoms with Crippen molar-refractivity contribution in [2.75, 3.05) is 125 Å². The quantitative estimate of drug-likeness (QED) is 0.0389. The molecule has 0 spiro atoms. The predicted molar refractivity (Wildman–Crippen MR) is 279 cm³/mol. The van der Waals surface area contributed by atoms with E-state index in [0.29, 0.717) is 125 Å². The highest BCUT2D eigenvalue weighted by atomic mass is 19.1. The second-order valence-corrected chi connectivity index (χ2v) is 18.9. The second-order valence-electron chi connectivity index (χ2n) is 18.9. The van der Waals surface area contributed by atoms with Crippen LogP contribution in [0.1, 0.15) is 60.0 Å². The van der Waals surface area contributed by atoms with Gasteiger partial charge in [-0.2, -0.15) is 5.10 Å². The van der Waals surface area contributed by atoms with Crippen molar-refractivity contribution in [3.05, 3.63) is 107 Å². The zero-order valence-corrected chi connectivity index (χ0v) is 41.8. The van der Waals surface area contributed by atoms with E-state index in [1.165, 1.54) is 17.8 Å². The molecule has 4 fully saturated rings. The Morgan fingerprint density at radius 1 is 0.770 bits per heavy atom. The third-order valence-corrected chi connectivity index (χ3v) is 13.5. The zero-order valence-electron chi connectivity index (χ0n) is 41.8. The van der Waals surface area contributed by atoms with Crippen molar-refractivity contribution in [1.82, 2.24) is 25.3 Å². The number of nitrogens with one attached hydrogen (secondary N) is 5. The lowest BCUT2D eigenvalue weighted by atomic mass is 10.0. The number of imide groups is 1. The van der Waals surface area contributed by atoms with Crippen LogP contribution in [0.5, 0.6) is 0 Å². The molecular weight excluding hydrogens is 955 g/mol. The van der Waals surface area contributed by atoms with Gasteiger partial charge >= 0.3 is 0 Å². The first-order chi connectivity index (χ1) is 36.0. The number of fused-ring (bicyclic) bond motifs is 1. The smallest absolute Gasteiger partial charge is 0.258 e. The van der Waals surface area contributed by atoms with Gasteiger partial charge in [-0.1, -0.05) is 6.07 Å². The molecule has 0 aliphatic carbocycles. The Morgan fingerprint density at radius 2 is 1.46 bits per heavy atom. The number of hydrogen-bond acceptors (Lipinski definition) is 14. The van der Waals surface area contributed by atoms with E-state index in [9.17, 15) is 32.8 Å². The van der Waals surface area contributed by atoms with Crippen molar-refractivity contribution in [3.63, 3.8) is 0 Å². The lowest BCUT2D eigenvalue weighted by Gasteiger charge is -2.36. The average Bonchev–Trinajstić information content (AvgIpc) is 3.80. The van der Waals surface area contributed by atoms with Gasteiger partial charge < -0.3 is 54.6 Å². The highest BCUT2D eigenvalue weighted by Crippen LogP contribution is 2.30. The Balaban J connectivity index is 0.000000275. The highest BCUT2D eigenvalue weighted by Gasteiger charge is 2.27. The standard InChI is InChI=1S/C38H44F2N6O6.C16H22N4O2/c39-28-21-27(22-29(40)24-28)20-26-2-5-34-33(23-26)37(44-43-34)42-38(49)32-4-3-31(25-35(32)41-30-6-15-51-16-7-30)45-9-11-46(12-10-45)36(48)8-17-52-19-18-50-14-1-13-47;1-19-8-10-20(11-9-19)13-4-2-12(3-5-13)17-14-6-7-15(21)18-16(14)22/h2-5,13,21-25,30,41H,1,6-12,14-20H2,(H2,42,43,44,49);2-5,14,17H,6-11H2,1H3,(H,18,21,22). The molecule has 18 nitrogen and oxygen atoms in total. The molecule has 0 saturated carbocycles. The Bertz CT molecular complexity index is 2680. The molecule has 4 aromatic carbocycles. The van der Waals surface area contributed by atoms with Crippen molar-refractivity contribution < 1.29 is 47.0 Å². The molecule has 74 heavy (non-hydrogen) atoms. The Kier molecular flexibility index (Phi) is 18.9. The molecule has 5 N–H and O–H groups in total. The maximum Gasteiger partial charge on any atom is 0.258 e. The van der Waals surface area contributed by atoms with Gasteiger partial charge in [0.2, 0.25) is 17.7 Å². The predicted octanol–water partition coefficient (Wildman–Crippen LogP) is 5.59. The molecular formula is C54H66F2N10O8. The summed E-state index contributed by atoms with van der Waals surface area (Å²) < 4.78 is 44.0. The summed E-state index contributed by atoms with van der Waals surface area (Å²) in [5, 5.41) is 20.1. The van der Waals surface area contributed by atoms with Crippen LogP contribution in [0.3, 0.4) is 0 Å². The Morgan fingerprint density at radius 3 is 2.18 bits per heavy atom. The minimum atomic E-state index is -0.634. The molecule has 4 saturated heterocycles. The van der Waals surface area contributed by atoms with Gasteiger partial charge in [0.05, 0.1) is 43.9 Å². The van der Waals surface area contributed by atoms with E-state index in [1.54, 1.807) is 0 Å². The number of aldehydes is 1. The molecule has 0 bridgehead atoms. The molecule has 1 atom stereocenters. The summed E-state index contributed by atoms with van der Waals surface area (Å²) in [6, 6.07) is 22.7. The van der Waals surface area contributed by atoms with E-state index in [2.05, 4.69) is 65.3 Å². The largest absolute Gasteiger partial charge is 0.381 e. The summed E-state index contributed by atoms with van der Waals surface area (Å²) in [6.45, 7) is 9.38. The number of nitrogens with zero attached hydrogens (tertiary/aromatic N) is 5. The minimum Gasteiger partial charge on any atom is -0.381 e. The number of benzene rings is 4. The van der Waals surface area contributed by atoms with Crippen LogP contribution in [0.2, 0.25) is 0 Å². The van der Waals surface area contributed by atoms with Crippen LogP contribution in [-0.4, -0.2) is 161 Å². The van der Waals surface area contributed by atoms with E-state index >= 15 is 0 Å². The van der Waals surface area contributed by atoms with Gasteiger partial charge in [0.15, 0.2) is 5.82 Å². The number of ether oxygens (including phenoxy) is 3. The van der Waals surface area contributed by atoms with E-state index < -0.39 is 11.6 Å². The maximum absolute atomic E-state index is 13.9. The number of carbonyl (C=O) groups is 5. The molecule has 0 radical (unpaired) electrons. The molecule has 5 heterocycles. The number of hydrogen-bond donors (Lipinski definition) is 5. The first-order valence-electron chi connectivity index (χ1n) is 25.5. The van der Waals surface area contributed by atoms with Gasteiger partial charge in [-0.05, 0) is 111 Å². The molecule has 394 valence electrons. The number of halogens is 2. The first-order valence-corrected chi connectivity index (χ1v) is 25.5. The lowest BCUT2D eigenvalue weighted by molar-refractivity contribution is -0.134. The maximum atomic E-state index is 13.9. The van der Waals surface area contributed by atoms with Gasteiger partial charge in [-0.25, -0.2) is 8.78 Å². The number of aromatic amines is 1. The summed E-state index contributed by atoms with van der Waals surface area (Å²) in [5.74, 6) is -1.64. The van der Waals surface area contributed by atoms with Crippen LogP contribution in [-0.2, 0) is 39.8 Å². The summed E-state index contributed by atoms with van der Waals surface area (Å²) in [6.07, 6.45) is 4.32. The summed E-state index contributed by atoms with van der Waals surface area (Å²) in [5.41, 5.74) is 6.24. The number of piperidine rings is 1. The number of rotatable bonds is 19. The molecule has 4 aliphatic rings. The van der Waals surface area contributed by atoms with Crippen molar-refractivity contribution in [2.24, 2.45) is 0 Å². The Hall–Kier alpha value is -7.00. The van der Waals surface area contributed by atoms with Crippen LogP contribution in [0.25, 0.3) is 10.9 Å². The molecule has 20 heteroatoms. The van der Waals surface area contributed by atoms with Crippen LogP contribution in [0, 0.1) is 11.6 Å². The fourth-order valence-electron chi connectivity index (χ4n) is 9.35. The first kappa shape index (κ1) is 53.3. The molecule has 4 aliphatic heterocycles. The third kappa shape index (κ3) is 15.1. The van der Waals surface area contributed by atoms with Crippen molar-refractivity contribution in [2.45, 2.75) is 57.0 Å². The number of aromatic nitrogens is 2. The van der Waals surface area contributed by atoms with Crippen LogP contribution < -0.4 is 31.1 Å². The lowest BCUT2D eigenvalue weighted by Crippen LogP contribution is -2.49. The Labute approximate surface area is 429 Å². The fourth-order valence-corrected chi connectivity index (χ4v) is 9.35. The van der Waals surface area contributed by atoms with Crippen LogP contribution >= 0.6 is 0 Å². The zero-order chi connectivity index (χ0) is 51.8. The average molecular weight is 1020 g/mol. The van der Waals surface area contributed by atoms with Crippen LogP contribution in [0.4, 0.5) is 37.3 Å². The highest BCUT2D eigenvalue weighted by molar-refractivity contribution is 6.11. The number of amides is 4. The second kappa shape index (κ2) is 26.3. The molecule has 9 rings (SSSR count). The van der Waals surface area contributed by atoms with Crippen molar-refractivity contribution in [3.8, 4) is 0 Å². The number of piperazine rings is 2. The number of anilines is 5. The van der Waals surface area contributed by atoms with Gasteiger partial charge in [0.1, 0.15) is 24.0 Å². The van der Waals surface area contributed by atoms with E-state index in [4.69, 9.17) is 14.2 Å². The molecule has 4 amide bonds. The SMILES string of the molecule is CN1CCN(c2ccc(NC3CCC(=O)NC3=O)cc2)CC1.O=CCCOCCOCCC(=O)N1CCN(c2ccc(C(=O)Nc3n[nH]c4ccc(Cc5cc(F)cc(F)c5)cc34)c(NC3CCOCC3)c2)CC1. The molecule has 5 aromatic rings. The summed E-state index contributed by atoms with van der Waals surface area (Å²) >= 11 is 0. The fraction of sp³-hybridized carbons (Fsp3) is 0.444.